The molecule has 0 spiro atoms. The van der Waals surface area contributed by atoms with Crippen LogP contribution in [0.15, 0.2) is 0 Å². The highest BCUT2D eigenvalue weighted by atomic mass is 16.2. The normalized spacial score (nSPS) is 12.1. The molecule has 0 aliphatic rings. The van der Waals surface area contributed by atoms with Crippen molar-refractivity contribution >= 4 is 11.8 Å². The van der Waals surface area contributed by atoms with Crippen LogP contribution in [-0.4, -0.2) is 88.2 Å². The van der Waals surface area contributed by atoms with Crippen LogP contribution in [0.5, 0.6) is 0 Å². The average Bonchev–Trinajstić information content (AvgIpc) is 2.88. The Morgan fingerprint density at radius 2 is 0.700 bits per heavy atom. The summed E-state index contributed by atoms with van der Waals surface area (Å²) in [7, 11) is 8.68. The minimum atomic E-state index is 0.188. The fourth-order valence-electron chi connectivity index (χ4n) is 5.45. The van der Waals surface area contributed by atoms with E-state index in [0.29, 0.717) is 13.1 Å². The van der Waals surface area contributed by atoms with Crippen LogP contribution in [0.4, 0.5) is 0 Å². The van der Waals surface area contributed by atoms with Crippen molar-refractivity contribution in [2.24, 2.45) is 0 Å². The summed E-state index contributed by atoms with van der Waals surface area (Å²) in [5, 5.41) is 6.27. The molecule has 0 aromatic rings. The van der Waals surface area contributed by atoms with E-state index in [4.69, 9.17) is 0 Å². The van der Waals surface area contributed by atoms with E-state index in [-0.39, 0.29) is 11.8 Å². The topological polar surface area (TPSA) is 58.2 Å². The standard InChI is InChI=1S/C34H70N4O2/c1-7-9-11-13-15-17-19-23-27-35-33(39)31-37(3,4)29-25-21-22-26-30-38(5,6)32-34(40)36-28-24-20-18-16-14-12-10-8-2/h7-32H2,1-6H3/p+2. The van der Waals surface area contributed by atoms with Gasteiger partial charge in [0.2, 0.25) is 0 Å². The Hall–Kier alpha value is -1.14. The van der Waals surface area contributed by atoms with Gasteiger partial charge in [-0.3, -0.25) is 9.59 Å². The molecule has 0 saturated carbocycles. The summed E-state index contributed by atoms with van der Waals surface area (Å²) < 4.78 is 1.51. The SMILES string of the molecule is CCCCCCCCCCNC(=O)C[N+](C)(C)CCCCCC[N+](C)(C)CC(=O)NCCCCCCCCCC. The van der Waals surface area contributed by atoms with E-state index in [0.717, 1.165) is 60.8 Å². The van der Waals surface area contributed by atoms with E-state index in [9.17, 15) is 9.59 Å². The molecule has 2 amide bonds. The Labute approximate surface area is 250 Å². The number of quaternary nitrogens is 2. The second kappa shape index (κ2) is 25.6. The Morgan fingerprint density at radius 3 is 1.02 bits per heavy atom. The molecule has 0 aliphatic heterocycles. The van der Waals surface area contributed by atoms with E-state index in [1.165, 1.54) is 103 Å². The number of unbranched alkanes of at least 4 members (excludes halogenated alkanes) is 17. The molecule has 0 saturated heterocycles. The van der Waals surface area contributed by atoms with Gasteiger partial charge in [0.1, 0.15) is 0 Å². The summed E-state index contributed by atoms with van der Waals surface area (Å²) in [6.45, 7) is 9.35. The molecule has 0 atom stereocenters. The first kappa shape index (κ1) is 38.9. The Balaban J connectivity index is 3.77. The Morgan fingerprint density at radius 1 is 0.425 bits per heavy atom. The number of carbonyl (C=O) groups excluding carboxylic acids is 2. The van der Waals surface area contributed by atoms with Crippen LogP contribution in [0.3, 0.4) is 0 Å². The molecule has 0 radical (unpaired) electrons. The van der Waals surface area contributed by atoms with Gasteiger partial charge in [-0.2, -0.15) is 0 Å². The summed E-state index contributed by atoms with van der Waals surface area (Å²) in [4.78, 5) is 24.8. The van der Waals surface area contributed by atoms with Crippen molar-refractivity contribution in [2.75, 3.05) is 67.5 Å². The predicted molar refractivity (Wildman–Crippen MR) is 173 cm³/mol. The molecule has 238 valence electrons. The number of carbonyl (C=O) groups is 2. The van der Waals surface area contributed by atoms with Gasteiger partial charge in [0.15, 0.2) is 13.1 Å². The van der Waals surface area contributed by atoms with Gasteiger partial charge in [0, 0.05) is 13.1 Å². The van der Waals surface area contributed by atoms with Crippen molar-refractivity contribution < 1.29 is 18.6 Å². The van der Waals surface area contributed by atoms with Gasteiger partial charge in [-0.25, -0.2) is 0 Å². The summed E-state index contributed by atoms with van der Waals surface area (Å²) in [5.41, 5.74) is 0. The van der Waals surface area contributed by atoms with Crippen molar-refractivity contribution in [3.8, 4) is 0 Å². The first-order chi connectivity index (χ1) is 19.1. The average molecular weight is 569 g/mol. The maximum absolute atomic E-state index is 12.4. The lowest BCUT2D eigenvalue weighted by Gasteiger charge is -2.30. The fourth-order valence-corrected chi connectivity index (χ4v) is 5.45. The third-order valence-electron chi connectivity index (χ3n) is 8.13. The van der Waals surface area contributed by atoms with E-state index in [1.807, 2.05) is 0 Å². The molecule has 0 fully saturated rings. The third kappa shape index (κ3) is 27.1. The number of likely N-dealkylation sites (N-methyl/N-ethyl adjacent to an activating group) is 2. The van der Waals surface area contributed by atoms with E-state index in [2.05, 4.69) is 52.7 Å². The number of hydrogen-bond donors (Lipinski definition) is 2. The Bertz CT molecular complexity index is 555. The molecular weight excluding hydrogens is 496 g/mol. The molecule has 0 heterocycles. The monoisotopic (exact) mass is 569 g/mol. The first-order valence-corrected chi connectivity index (χ1v) is 17.3. The molecule has 2 N–H and O–H groups in total. The molecule has 0 aromatic heterocycles. The van der Waals surface area contributed by atoms with Crippen LogP contribution in [0.2, 0.25) is 0 Å². The van der Waals surface area contributed by atoms with Crippen molar-refractivity contribution in [3.05, 3.63) is 0 Å². The largest absolute Gasteiger partial charge is 0.351 e. The van der Waals surface area contributed by atoms with Crippen LogP contribution in [0, 0.1) is 0 Å². The van der Waals surface area contributed by atoms with Crippen LogP contribution < -0.4 is 10.6 Å². The number of nitrogens with one attached hydrogen (secondary N) is 2. The van der Waals surface area contributed by atoms with Crippen molar-refractivity contribution in [1.82, 2.24) is 10.6 Å². The summed E-state index contributed by atoms with van der Waals surface area (Å²) in [6, 6.07) is 0. The molecule has 40 heavy (non-hydrogen) atoms. The minimum absolute atomic E-state index is 0.188. The molecule has 0 aromatic carbocycles. The number of rotatable bonds is 29. The van der Waals surface area contributed by atoms with Gasteiger partial charge in [-0.15, -0.1) is 0 Å². The van der Waals surface area contributed by atoms with E-state index >= 15 is 0 Å². The third-order valence-corrected chi connectivity index (χ3v) is 8.13. The van der Waals surface area contributed by atoms with Gasteiger partial charge < -0.3 is 19.6 Å². The summed E-state index contributed by atoms with van der Waals surface area (Å²) in [5.74, 6) is 0.375. The zero-order chi connectivity index (χ0) is 30.0. The molecule has 6 nitrogen and oxygen atoms in total. The maximum Gasteiger partial charge on any atom is 0.275 e. The van der Waals surface area contributed by atoms with Crippen LogP contribution in [0.1, 0.15) is 142 Å². The molecule has 0 rings (SSSR count). The second-order valence-corrected chi connectivity index (χ2v) is 13.7. The van der Waals surface area contributed by atoms with E-state index in [1.54, 1.807) is 0 Å². The zero-order valence-corrected chi connectivity index (χ0v) is 28.1. The highest BCUT2D eigenvalue weighted by Gasteiger charge is 2.21. The van der Waals surface area contributed by atoms with Crippen molar-refractivity contribution in [2.45, 2.75) is 142 Å². The lowest BCUT2D eigenvalue weighted by molar-refractivity contribution is -0.883. The van der Waals surface area contributed by atoms with Gasteiger partial charge in [-0.1, -0.05) is 104 Å². The summed E-state index contributed by atoms with van der Waals surface area (Å²) in [6.07, 6.45) is 25.4. The minimum Gasteiger partial charge on any atom is -0.351 e. The number of nitrogens with zero attached hydrogens (tertiary/aromatic N) is 2. The molecule has 0 aliphatic carbocycles. The van der Waals surface area contributed by atoms with Crippen molar-refractivity contribution in [3.63, 3.8) is 0 Å². The van der Waals surface area contributed by atoms with Crippen LogP contribution >= 0.6 is 0 Å². The second-order valence-electron chi connectivity index (χ2n) is 13.7. The summed E-state index contributed by atoms with van der Waals surface area (Å²) >= 11 is 0. The van der Waals surface area contributed by atoms with Gasteiger partial charge in [-0.05, 0) is 38.5 Å². The zero-order valence-electron chi connectivity index (χ0n) is 28.1. The van der Waals surface area contributed by atoms with Crippen LogP contribution in [-0.2, 0) is 9.59 Å². The van der Waals surface area contributed by atoms with Gasteiger partial charge in [0.25, 0.3) is 11.8 Å². The highest BCUT2D eigenvalue weighted by molar-refractivity contribution is 5.77. The lowest BCUT2D eigenvalue weighted by Crippen LogP contribution is -2.48. The molecule has 0 bridgehead atoms. The van der Waals surface area contributed by atoms with Gasteiger partial charge >= 0.3 is 0 Å². The maximum atomic E-state index is 12.4. The number of amides is 2. The van der Waals surface area contributed by atoms with Gasteiger partial charge in [0.05, 0.1) is 41.3 Å². The van der Waals surface area contributed by atoms with Crippen LogP contribution in [0.25, 0.3) is 0 Å². The smallest absolute Gasteiger partial charge is 0.275 e. The fraction of sp³-hybridized carbons (Fsp3) is 0.941. The lowest BCUT2D eigenvalue weighted by atomic mass is 10.1. The van der Waals surface area contributed by atoms with E-state index < -0.39 is 0 Å². The predicted octanol–water partition coefficient (Wildman–Crippen LogP) is 7.21. The quantitative estimate of drug-likeness (QED) is 0.0740. The number of hydrogen-bond acceptors (Lipinski definition) is 2. The molecule has 0 unspecified atom stereocenters. The van der Waals surface area contributed by atoms with Crippen molar-refractivity contribution in [1.29, 1.82) is 0 Å². The Kier molecular flexibility index (Phi) is 24.8. The molecule has 6 heteroatoms. The molecular formula is C34H72N4O2+2. The first-order valence-electron chi connectivity index (χ1n) is 17.3. The highest BCUT2D eigenvalue weighted by Crippen LogP contribution is 2.10.